The highest BCUT2D eigenvalue weighted by atomic mass is 79.9. The number of phenolic OH excluding ortho intramolecular Hbond substituents is 1. The molecule has 0 heterocycles. The van der Waals surface area contributed by atoms with Crippen LogP contribution in [0.1, 0.15) is 18.0 Å². The average Bonchev–Trinajstić information content (AvgIpc) is 2.19. The maximum Gasteiger partial charge on any atom is 0.390 e. The maximum absolute atomic E-state index is 12.2. The van der Waals surface area contributed by atoms with Gasteiger partial charge in [-0.15, -0.1) is 0 Å². The van der Waals surface area contributed by atoms with Crippen molar-refractivity contribution in [1.82, 2.24) is 0 Å². The molecular formula is C10H11BrF3NO2. The van der Waals surface area contributed by atoms with Gasteiger partial charge in [-0.25, -0.2) is 0 Å². The zero-order chi connectivity index (χ0) is 13.2. The number of hydrogen-bond donors (Lipinski definition) is 2. The van der Waals surface area contributed by atoms with Gasteiger partial charge in [0.25, 0.3) is 0 Å². The van der Waals surface area contributed by atoms with Crippen molar-refractivity contribution in [2.24, 2.45) is 5.73 Å². The number of nitrogens with two attached hydrogens (primary N) is 1. The van der Waals surface area contributed by atoms with E-state index < -0.39 is 18.6 Å². The summed E-state index contributed by atoms with van der Waals surface area (Å²) in [5, 5.41) is 9.50. The number of alkyl halides is 3. The molecule has 17 heavy (non-hydrogen) atoms. The molecule has 7 heteroatoms. The van der Waals surface area contributed by atoms with Crippen molar-refractivity contribution in [3.63, 3.8) is 0 Å². The molecule has 0 aliphatic carbocycles. The van der Waals surface area contributed by atoms with Crippen LogP contribution in [0.5, 0.6) is 11.5 Å². The molecule has 0 saturated carbocycles. The Morgan fingerprint density at radius 2 is 2.06 bits per heavy atom. The smallest absolute Gasteiger partial charge is 0.390 e. The van der Waals surface area contributed by atoms with Crippen molar-refractivity contribution < 1.29 is 23.0 Å². The Labute approximate surface area is 105 Å². The summed E-state index contributed by atoms with van der Waals surface area (Å²) in [5.41, 5.74) is 5.69. The predicted molar refractivity (Wildman–Crippen MR) is 60.0 cm³/mol. The standard InChI is InChI=1S/C10H11BrF3NO2/c1-17-8-3-5(2-6(11)9(8)16)7(15)4-10(12,13)14/h2-3,7,16H,4,15H2,1H3/t7-/m1/s1. The third kappa shape index (κ3) is 3.78. The Balaban J connectivity index is 3.03. The van der Waals surface area contributed by atoms with Gasteiger partial charge < -0.3 is 15.6 Å². The van der Waals surface area contributed by atoms with E-state index in [9.17, 15) is 18.3 Å². The van der Waals surface area contributed by atoms with Gasteiger partial charge in [0.2, 0.25) is 0 Å². The highest BCUT2D eigenvalue weighted by molar-refractivity contribution is 9.10. The van der Waals surface area contributed by atoms with Crippen LogP contribution in [0.2, 0.25) is 0 Å². The first kappa shape index (κ1) is 14.1. The molecule has 96 valence electrons. The number of hydrogen-bond acceptors (Lipinski definition) is 3. The van der Waals surface area contributed by atoms with E-state index in [0.29, 0.717) is 0 Å². The fraction of sp³-hybridized carbons (Fsp3) is 0.400. The molecule has 0 saturated heterocycles. The van der Waals surface area contributed by atoms with Crippen molar-refractivity contribution >= 4 is 15.9 Å². The van der Waals surface area contributed by atoms with E-state index in [4.69, 9.17) is 10.5 Å². The third-order valence-electron chi connectivity index (χ3n) is 2.15. The summed E-state index contributed by atoms with van der Waals surface area (Å²) in [6.45, 7) is 0. The van der Waals surface area contributed by atoms with Crippen molar-refractivity contribution in [2.75, 3.05) is 7.11 Å². The van der Waals surface area contributed by atoms with E-state index in [0.717, 1.165) is 0 Å². The monoisotopic (exact) mass is 313 g/mol. The first-order chi connectivity index (χ1) is 7.74. The topological polar surface area (TPSA) is 55.5 Å². The molecule has 1 rings (SSSR count). The van der Waals surface area contributed by atoms with E-state index in [-0.39, 0.29) is 21.5 Å². The quantitative estimate of drug-likeness (QED) is 0.901. The van der Waals surface area contributed by atoms with Crippen molar-refractivity contribution in [3.8, 4) is 11.5 Å². The van der Waals surface area contributed by atoms with Crippen molar-refractivity contribution in [2.45, 2.75) is 18.6 Å². The van der Waals surface area contributed by atoms with Gasteiger partial charge in [0.05, 0.1) is 18.0 Å². The fourth-order valence-electron chi connectivity index (χ4n) is 1.33. The van der Waals surface area contributed by atoms with Crippen LogP contribution in [0, 0.1) is 0 Å². The largest absolute Gasteiger partial charge is 0.503 e. The average molecular weight is 314 g/mol. The van der Waals surface area contributed by atoms with Gasteiger partial charge >= 0.3 is 6.18 Å². The van der Waals surface area contributed by atoms with Crippen LogP contribution in [0.3, 0.4) is 0 Å². The normalized spacial score (nSPS) is 13.5. The number of halogens is 4. The molecule has 0 bridgehead atoms. The van der Waals surface area contributed by atoms with Gasteiger partial charge in [0.15, 0.2) is 11.5 Å². The van der Waals surface area contributed by atoms with E-state index in [2.05, 4.69) is 15.9 Å². The number of aromatic hydroxyl groups is 1. The molecule has 1 aromatic carbocycles. The molecule has 0 radical (unpaired) electrons. The van der Waals surface area contributed by atoms with Gasteiger partial charge in [-0.2, -0.15) is 13.2 Å². The molecule has 0 aromatic heterocycles. The molecule has 0 aliphatic rings. The lowest BCUT2D eigenvalue weighted by Crippen LogP contribution is -2.20. The third-order valence-corrected chi connectivity index (χ3v) is 2.75. The Hall–Kier alpha value is -0.950. The molecule has 0 aliphatic heterocycles. The number of rotatable bonds is 3. The van der Waals surface area contributed by atoms with Gasteiger partial charge in [-0.1, -0.05) is 0 Å². The second-order valence-corrected chi connectivity index (χ2v) is 4.33. The molecule has 1 atom stereocenters. The molecule has 0 fully saturated rings. The summed E-state index contributed by atoms with van der Waals surface area (Å²) in [6, 6.07) is 1.44. The molecule has 0 amide bonds. The lowest BCUT2D eigenvalue weighted by Gasteiger charge is -2.16. The van der Waals surface area contributed by atoms with E-state index in [1.807, 2.05) is 0 Å². The lowest BCUT2D eigenvalue weighted by atomic mass is 10.0. The maximum atomic E-state index is 12.2. The predicted octanol–water partition coefficient (Wildman–Crippen LogP) is 3.12. The van der Waals surface area contributed by atoms with Gasteiger partial charge in [-0.05, 0) is 33.6 Å². The Bertz CT molecular complexity index is 409. The summed E-state index contributed by atoms with van der Waals surface area (Å²) in [6.07, 6.45) is -5.47. The van der Waals surface area contributed by atoms with E-state index in [1.54, 1.807) is 0 Å². The summed E-state index contributed by atoms with van der Waals surface area (Å²) >= 11 is 3.02. The SMILES string of the molecule is COc1cc([C@H](N)CC(F)(F)F)cc(Br)c1O. The molecule has 3 nitrogen and oxygen atoms in total. The van der Waals surface area contributed by atoms with Gasteiger partial charge in [0, 0.05) is 6.04 Å². The van der Waals surface area contributed by atoms with E-state index in [1.165, 1.54) is 19.2 Å². The second kappa shape index (κ2) is 5.14. The summed E-state index contributed by atoms with van der Waals surface area (Å²) in [5.74, 6) is -0.0949. The molecular weight excluding hydrogens is 303 g/mol. The Morgan fingerprint density at radius 1 is 1.47 bits per heavy atom. The number of ether oxygens (including phenoxy) is 1. The highest BCUT2D eigenvalue weighted by Crippen LogP contribution is 2.38. The van der Waals surface area contributed by atoms with Crippen LogP contribution >= 0.6 is 15.9 Å². The van der Waals surface area contributed by atoms with Crippen LogP contribution in [0.25, 0.3) is 0 Å². The van der Waals surface area contributed by atoms with Crippen molar-refractivity contribution in [3.05, 3.63) is 22.2 Å². The minimum absolute atomic E-state index is 0.0759. The minimum atomic E-state index is -4.34. The zero-order valence-electron chi connectivity index (χ0n) is 8.88. The number of phenols is 1. The van der Waals surface area contributed by atoms with Crippen LogP contribution in [-0.2, 0) is 0 Å². The summed E-state index contributed by atoms with van der Waals surface area (Å²) in [7, 11) is 1.31. The summed E-state index contributed by atoms with van der Waals surface area (Å²) in [4.78, 5) is 0. The minimum Gasteiger partial charge on any atom is -0.503 e. The molecule has 0 unspecified atom stereocenters. The first-order valence-electron chi connectivity index (χ1n) is 4.63. The first-order valence-corrected chi connectivity index (χ1v) is 5.42. The number of methoxy groups -OCH3 is 1. The van der Waals surface area contributed by atoms with E-state index >= 15 is 0 Å². The van der Waals surface area contributed by atoms with Crippen LogP contribution in [0.4, 0.5) is 13.2 Å². The zero-order valence-corrected chi connectivity index (χ0v) is 10.5. The fourth-order valence-corrected chi connectivity index (χ4v) is 1.79. The van der Waals surface area contributed by atoms with Gasteiger partial charge in [0.1, 0.15) is 0 Å². The van der Waals surface area contributed by atoms with Gasteiger partial charge in [-0.3, -0.25) is 0 Å². The summed E-state index contributed by atoms with van der Waals surface area (Å²) < 4.78 is 41.6. The van der Waals surface area contributed by atoms with Crippen LogP contribution < -0.4 is 10.5 Å². The lowest BCUT2D eigenvalue weighted by molar-refractivity contribution is -0.138. The molecule has 1 aromatic rings. The Kier molecular flexibility index (Phi) is 4.26. The van der Waals surface area contributed by atoms with Crippen molar-refractivity contribution in [1.29, 1.82) is 0 Å². The Morgan fingerprint density at radius 3 is 2.53 bits per heavy atom. The molecule has 3 N–H and O–H groups in total. The number of benzene rings is 1. The second-order valence-electron chi connectivity index (χ2n) is 3.48. The molecule has 0 spiro atoms. The van der Waals surface area contributed by atoms with Crippen LogP contribution in [0.15, 0.2) is 16.6 Å². The highest BCUT2D eigenvalue weighted by Gasteiger charge is 2.31. The van der Waals surface area contributed by atoms with Crippen LogP contribution in [-0.4, -0.2) is 18.4 Å².